The third-order valence-electron chi connectivity index (χ3n) is 6.81. The third-order valence-corrected chi connectivity index (χ3v) is 6.81. The number of halogens is 2. The van der Waals surface area contributed by atoms with E-state index in [0.29, 0.717) is 5.92 Å². The van der Waals surface area contributed by atoms with Gasteiger partial charge in [0.25, 0.3) is 0 Å². The Morgan fingerprint density at radius 3 is 1.90 bits per heavy atom. The summed E-state index contributed by atoms with van der Waals surface area (Å²) in [6.45, 7) is 22.1. The topological polar surface area (TPSA) is 0 Å². The Hall–Kier alpha value is -1.53. The van der Waals surface area contributed by atoms with E-state index in [1.54, 1.807) is 24.2 Å². The summed E-state index contributed by atoms with van der Waals surface area (Å²) in [7, 11) is 0. The van der Waals surface area contributed by atoms with Gasteiger partial charge in [0.2, 0.25) is 0 Å². The summed E-state index contributed by atoms with van der Waals surface area (Å²) in [6, 6.07) is 25.7. The average Bonchev–Trinajstić information content (AvgIpc) is 3.36. The van der Waals surface area contributed by atoms with E-state index >= 15 is 0 Å². The van der Waals surface area contributed by atoms with Crippen LogP contribution in [0.15, 0.2) is 72.3 Å². The van der Waals surface area contributed by atoms with Crippen molar-refractivity contribution in [3.05, 3.63) is 112 Å². The van der Waals surface area contributed by atoms with E-state index in [0.717, 1.165) is 6.42 Å². The minimum atomic E-state index is 0. The molecular weight excluding hydrogens is 607 g/mol. The van der Waals surface area contributed by atoms with Gasteiger partial charge in [-0.3, -0.25) is 6.08 Å². The maximum Gasteiger partial charge on any atom is -1.00 e. The minimum Gasteiger partial charge on any atom is -1.00 e. The molecule has 3 aromatic rings. The van der Waals surface area contributed by atoms with Gasteiger partial charge in [-0.2, -0.15) is 35.4 Å². The predicted molar refractivity (Wildman–Crippen MR) is 163 cm³/mol. The van der Waals surface area contributed by atoms with Crippen molar-refractivity contribution in [1.82, 2.24) is 0 Å². The van der Waals surface area contributed by atoms with E-state index in [1.807, 2.05) is 6.07 Å². The molecule has 2 aliphatic carbocycles. The average molecular weight is 651 g/mol. The van der Waals surface area contributed by atoms with E-state index in [4.69, 9.17) is 0 Å². The number of rotatable bonds is 1. The standard InChI is InChI=1S/C21H25.C13H13.C3H6.2ClH.Zr/c1-20(2,3)16-7-9-18-14(12-16)11-15-13-17(21(4,5)6)8-10-19(15)18;1-10-8-11(2)13(9-10)12-6-4-3-5-7-12;1-3-2;;;/h7-10,12H,11H2,1-6H3;3-7,9-10H,1-2H3;1-2H3;2*1H;/q2*-1;;;;+2/p-2. The van der Waals surface area contributed by atoms with Crippen LogP contribution in [0.3, 0.4) is 0 Å². The molecule has 0 amide bonds. The number of hydrogen-bond acceptors (Lipinski definition) is 0. The summed E-state index contributed by atoms with van der Waals surface area (Å²) in [4.78, 5) is 0. The van der Waals surface area contributed by atoms with Gasteiger partial charge < -0.3 is 24.8 Å². The first kappa shape index (κ1) is 36.5. The molecule has 0 radical (unpaired) electrons. The van der Waals surface area contributed by atoms with Crippen LogP contribution in [0.1, 0.15) is 97.1 Å². The number of benzene rings is 3. The molecule has 0 spiro atoms. The molecule has 212 valence electrons. The summed E-state index contributed by atoms with van der Waals surface area (Å²) < 4.78 is 1.51. The van der Waals surface area contributed by atoms with Crippen molar-refractivity contribution in [2.45, 2.75) is 86.5 Å². The van der Waals surface area contributed by atoms with Crippen LogP contribution in [0.25, 0.3) is 16.7 Å². The van der Waals surface area contributed by atoms with E-state index in [2.05, 4.69) is 142 Å². The Labute approximate surface area is 271 Å². The molecule has 1 unspecified atom stereocenters. The molecule has 0 saturated carbocycles. The fraction of sp³-hybridized carbons (Fsp3) is 0.378. The van der Waals surface area contributed by atoms with Gasteiger partial charge in [-0.1, -0.05) is 115 Å². The van der Waals surface area contributed by atoms with Crippen molar-refractivity contribution in [3.8, 4) is 11.1 Å². The molecule has 0 heterocycles. The molecule has 3 aromatic carbocycles. The predicted octanol–water partition coefficient (Wildman–Crippen LogP) is 3.88. The number of hydrogen-bond donors (Lipinski definition) is 0. The van der Waals surface area contributed by atoms with Crippen LogP contribution < -0.4 is 24.8 Å². The van der Waals surface area contributed by atoms with Crippen LogP contribution in [0.5, 0.6) is 0 Å². The zero-order valence-electron chi connectivity index (χ0n) is 25.9. The number of allylic oxidation sites excluding steroid dienone is 4. The zero-order valence-corrected chi connectivity index (χ0v) is 29.9. The summed E-state index contributed by atoms with van der Waals surface area (Å²) in [5, 5.41) is 0. The van der Waals surface area contributed by atoms with Crippen molar-refractivity contribution in [3.63, 3.8) is 0 Å². The Balaban J connectivity index is 0.000000362. The first-order valence-corrected chi connectivity index (χ1v) is 15.0. The summed E-state index contributed by atoms with van der Waals surface area (Å²) in [6.07, 6.45) is 6.68. The quantitative estimate of drug-likeness (QED) is 0.275. The molecule has 0 bridgehead atoms. The monoisotopic (exact) mass is 648 g/mol. The SMILES string of the molecule is CC(C)(C)c1[c-]c2c(cc1)-c1ccc(C(C)(C)C)cc1C2.CC1=[C-]C(C)C=C1c1ccccc1.C[C](C)=[Zr+2].[Cl-].[Cl-]. The molecule has 0 nitrogen and oxygen atoms in total. The fourth-order valence-electron chi connectivity index (χ4n) is 4.79. The van der Waals surface area contributed by atoms with Crippen LogP contribution in [0.4, 0.5) is 0 Å². The van der Waals surface area contributed by atoms with Gasteiger partial charge in [0, 0.05) is 0 Å². The van der Waals surface area contributed by atoms with Crippen molar-refractivity contribution in [2.75, 3.05) is 0 Å². The van der Waals surface area contributed by atoms with E-state index in [9.17, 15) is 0 Å². The molecule has 40 heavy (non-hydrogen) atoms. The van der Waals surface area contributed by atoms with Gasteiger partial charge in [0.15, 0.2) is 0 Å². The normalized spacial score (nSPS) is 14.9. The van der Waals surface area contributed by atoms with Gasteiger partial charge >= 0.3 is 41.3 Å². The molecular formula is C37H44Cl2Zr-2. The molecule has 0 aliphatic heterocycles. The van der Waals surface area contributed by atoms with Gasteiger partial charge in [0.05, 0.1) is 0 Å². The van der Waals surface area contributed by atoms with Crippen molar-refractivity contribution >= 4 is 8.78 Å². The first-order valence-electron chi connectivity index (χ1n) is 13.8. The second-order valence-corrected chi connectivity index (χ2v) is 15.3. The molecule has 0 aromatic heterocycles. The van der Waals surface area contributed by atoms with Gasteiger partial charge in [-0.25, -0.2) is 5.57 Å². The van der Waals surface area contributed by atoms with E-state index in [-0.39, 0.29) is 35.6 Å². The van der Waals surface area contributed by atoms with Crippen LogP contribution >= 0.6 is 0 Å². The van der Waals surface area contributed by atoms with Crippen LogP contribution in [-0.4, -0.2) is 3.21 Å². The Kier molecular flexibility index (Phi) is 13.8. The first-order chi connectivity index (χ1) is 17.7. The Morgan fingerprint density at radius 1 is 0.825 bits per heavy atom. The van der Waals surface area contributed by atoms with Gasteiger partial charge in [0.1, 0.15) is 0 Å². The molecule has 0 N–H and O–H groups in total. The summed E-state index contributed by atoms with van der Waals surface area (Å²) in [5.74, 6) is 0.468. The molecule has 5 rings (SSSR count). The second-order valence-electron chi connectivity index (χ2n) is 12.8. The number of fused-ring (bicyclic) bond motifs is 3. The second kappa shape index (κ2) is 15.1. The Morgan fingerprint density at radius 2 is 1.40 bits per heavy atom. The molecule has 0 fully saturated rings. The smallest absolute Gasteiger partial charge is 1.00 e. The van der Waals surface area contributed by atoms with E-state index < -0.39 is 0 Å². The van der Waals surface area contributed by atoms with Crippen molar-refractivity contribution in [1.29, 1.82) is 0 Å². The fourth-order valence-corrected chi connectivity index (χ4v) is 4.79. The molecule has 0 saturated heterocycles. The van der Waals surface area contributed by atoms with Gasteiger partial charge in [-0.05, 0) is 28.4 Å². The third kappa shape index (κ3) is 9.79. The maximum absolute atomic E-state index is 3.67. The summed E-state index contributed by atoms with van der Waals surface area (Å²) >= 11 is 1.55. The van der Waals surface area contributed by atoms with Gasteiger partial charge in [-0.15, -0.1) is 16.7 Å². The molecule has 3 heteroatoms. The van der Waals surface area contributed by atoms with Crippen LogP contribution in [0.2, 0.25) is 0 Å². The van der Waals surface area contributed by atoms with E-state index in [1.165, 1.54) is 53.3 Å². The minimum absolute atomic E-state index is 0. The maximum atomic E-state index is 3.67. The zero-order chi connectivity index (χ0) is 28.3. The summed E-state index contributed by atoms with van der Waals surface area (Å²) in [5.41, 5.74) is 12.6. The molecule has 1 atom stereocenters. The van der Waals surface area contributed by atoms with Crippen molar-refractivity contribution in [2.24, 2.45) is 5.92 Å². The van der Waals surface area contributed by atoms with Crippen LogP contribution in [-0.2, 0) is 41.5 Å². The Bertz CT molecular complexity index is 1280. The largest absolute Gasteiger partial charge is 1.00 e. The van der Waals surface area contributed by atoms with Crippen LogP contribution in [0, 0.1) is 18.1 Å². The van der Waals surface area contributed by atoms with Crippen molar-refractivity contribution < 1.29 is 49.0 Å². The molecule has 2 aliphatic rings.